The Morgan fingerprint density at radius 1 is 0.159 bits per heavy atom. The summed E-state index contributed by atoms with van der Waals surface area (Å²) in [4.78, 5) is 39.1. The van der Waals surface area contributed by atoms with E-state index in [1.165, 1.54) is 33.4 Å². The van der Waals surface area contributed by atoms with Crippen molar-refractivity contribution in [2.24, 2.45) is 32.5 Å². The summed E-state index contributed by atoms with van der Waals surface area (Å²) in [6, 6.07) is 143. The molecule has 9 nitrogen and oxygen atoms in total. The fourth-order valence-corrected chi connectivity index (χ4v) is 14.5. The molecule has 0 N–H and O–H groups in total. The monoisotopic (exact) mass is 3160 g/mol. The minimum Gasteiger partial charge on any atom is -0.305 e. The smallest absolute Gasteiger partial charge is 0.0193 e. The molecule has 18 aromatic rings. The van der Waals surface area contributed by atoms with Gasteiger partial charge in [-0.3, -0.25) is 0 Å². The molecule has 0 unspecified atom stereocenters. The van der Waals surface area contributed by atoms with Gasteiger partial charge in [0.05, 0.1) is 0 Å². The van der Waals surface area contributed by atoms with Crippen molar-refractivity contribution in [2.45, 2.75) is 163 Å². The van der Waals surface area contributed by atoms with Crippen molar-refractivity contribution in [3.63, 3.8) is 0 Å². The Bertz CT molecular complexity index is 5660. The van der Waals surface area contributed by atoms with Crippen molar-refractivity contribution in [2.75, 3.05) is 0 Å². The van der Waals surface area contributed by atoms with Gasteiger partial charge in [-0.05, 0) is 170 Å². The maximum atomic E-state index is 4.50. The zero-order valence-electron chi connectivity index (χ0n) is 86.2. The standard InChI is InChI=1S/6C16H18N.3C11H8N.7Ir/c1-16(2,3)12-13-7-6-8-14(11-13)15-9-4-5-10-17-15;1-16(2,3)12-13-7-9-14(10-8-13)15-6-4-5-11-17-15;3*1-16(2,3)12-13-9-10-17-15(11-13)14-7-5-4-6-8-14;1-16(2,3)11-13-9-10-15(17-12-13)14-7-5-4-6-8-14;3*1-2-6-10(7-3-1)11-8-4-5-9-12-11;;;;;;;/h4-7,9-11H,12H2,1-3H3;4-9,11H,12H2,1-3H3;3*4-7,9-11H,12H2,1-3H3;4-7,9-10,12H,11H2,1-3H3;3*1-6,8-9H;;;;;;;/q9*-1;;;;;;;. The van der Waals surface area contributed by atoms with Gasteiger partial charge in [-0.25, -0.2) is 0 Å². The Morgan fingerprint density at radius 2 is 0.372 bits per heavy atom. The van der Waals surface area contributed by atoms with Crippen molar-refractivity contribution in [3.8, 4) is 101 Å². The Kier molecular flexibility index (Phi) is 59.6. The van der Waals surface area contributed by atoms with Gasteiger partial charge < -0.3 is 44.9 Å². The predicted octanol–water partition coefficient (Wildman–Crippen LogP) is 32.5. The van der Waals surface area contributed by atoms with Crippen LogP contribution in [0.1, 0.15) is 158 Å². The molecule has 0 amide bonds. The zero-order valence-corrected chi connectivity index (χ0v) is 103. The van der Waals surface area contributed by atoms with Gasteiger partial charge in [0.15, 0.2) is 0 Å². The van der Waals surface area contributed by atoms with Gasteiger partial charge in [0, 0.05) is 197 Å². The Hall–Kier alpha value is -10.1. The van der Waals surface area contributed by atoms with E-state index in [-0.39, 0.29) is 141 Å². The second kappa shape index (κ2) is 67.0. The number of hydrogen-bond donors (Lipinski definition) is 0. The SMILES string of the molecule is CC(C)(C)Cc1c[c-]c(-c2ccccn2)cc1.CC(C)(C)Cc1cc[c-]c(-c2ccccn2)c1.CC(C)(C)Cc1ccc(-c2[c-]cccc2)nc1.CC(C)(C)Cc1ccnc(-c2[c-]cccc2)c1.CC(C)(C)Cc1ccnc(-c2[c-]cccc2)c1.CC(C)(C)Cc1ccnc(-c2[c-]cccc2)c1.[Ir].[Ir].[Ir].[Ir].[Ir].[Ir].[Ir].[c-]1ccccc1-c1ccccn1.[c-]1ccccc1-c1ccccn1.[c-]1ccccc1-c1ccccn1. The molecule has 0 fully saturated rings. The van der Waals surface area contributed by atoms with E-state index in [1.54, 1.807) is 18.6 Å². The maximum absolute atomic E-state index is 4.50. The third-order valence-electron chi connectivity index (χ3n) is 20.2. The first kappa shape index (κ1) is 129. The van der Waals surface area contributed by atoms with Crippen molar-refractivity contribution in [3.05, 3.63) is 490 Å². The van der Waals surface area contributed by atoms with Crippen LogP contribution in [0, 0.1) is 87.1 Å². The van der Waals surface area contributed by atoms with Crippen LogP contribution in [0.3, 0.4) is 0 Å². The van der Waals surface area contributed by atoms with Gasteiger partial charge >= 0.3 is 0 Å². The van der Waals surface area contributed by atoms with Gasteiger partial charge in [-0.15, -0.1) is 322 Å². The molecule has 0 aliphatic rings. The molecule has 0 saturated heterocycles. The third kappa shape index (κ3) is 51.9. The summed E-state index contributed by atoms with van der Waals surface area (Å²) >= 11 is 0. The first-order valence-corrected chi connectivity index (χ1v) is 47.3. The molecule has 0 spiro atoms. The van der Waals surface area contributed by atoms with Crippen LogP contribution in [-0.2, 0) is 179 Å². The number of nitrogens with zero attached hydrogens (tertiary/aromatic N) is 9. The number of pyridine rings is 9. The van der Waals surface area contributed by atoms with Crippen LogP contribution in [0.15, 0.2) is 402 Å². The van der Waals surface area contributed by atoms with Crippen molar-refractivity contribution >= 4 is 0 Å². The summed E-state index contributed by atoms with van der Waals surface area (Å²) < 4.78 is 0. The molecule has 9 aromatic carbocycles. The quantitative estimate of drug-likeness (QED) is 0.0925. The first-order chi connectivity index (χ1) is 66.2. The van der Waals surface area contributed by atoms with E-state index < -0.39 is 0 Å². The average molecular weight is 3150 g/mol. The minimum atomic E-state index is 0. The summed E-state index contributed by atoms with van der Waals surface area (Å²) in [6.07, 6.45) is 23.0. The third-order valence-corrected chi connectivity index (χ3v) is 20.2. The van der Waals surface area contributed by atoms with E-state index in [1.807, 2.05) is 304 Å². The molecule has 0 saturated carbocycles. The second-order valence-electron chi connectivity index (χ2n) is 40.9. The van der Waals surface area contributed by atoms with E-state index in [0.717, 1.165) is 140 Å². The summed E-state index contributed by atoms with van der Waals surface area (Å²) in [5, 5.41) is 0. The van der Waals surface area contributed by atoms with E-state index >= 15 is 0 Å². The number of aromatic nitrogens is 9. The topological polar surface area (TPSA) is 116 Å². The number of benzene rings is 9. The van der Waals surface area contributed by atoms with Crippen molar-refractivity contribution < 1.29 is 141 Å². The molecule has 0 atom stereocenters. The van der Waals surface area contributed by atoms with Crippen molar-refractivity contribution in [1.82, 2.24) is 44.9 Å². The summed E-state index contributed by atoms with van der Waals surface area (Å²) in [5.74, 6) is 0. The average Bonchev–Trinajstić information content (AvgIpc) is 0.841. The Morgan fingerprint density at radius 3 is 0.600 bits per heavy atom. The molecule has 9 heterocycles. The molecular weight excluding hydrogens is 3020 g/mol. The first-order valence-electron chi connectivity index (χ1n) is 47.3. The summed E-state index contributed by atoms with van der Waals surface area (Å²) in [6.45, 7) is 40.5. The summed E-state index contributed by atoms with van der Waals surface area (Å²) in [7, 11) is 0. The molecular formula is C129H132Ir7N9-9. The molecule has 9 aromatic heterocycles. The van der Waals surface area contributed by atoms with Crippen LogP contribution in [0.25, 0.3) is 101 Å². The number of rotatable bonds is 15. The molecule has 16 heteroatoms. The van der Waals surface area contributed by atoms with Crippen LogP contribution in [0.2, 0.25) is 0 Å². The fraction of sp³-hybridized carbons (Fsp3) is 0.233. The van der Waals surface area contributed by atoms with Gasteiger partial charge in [0.1, 0.15) is 0 Å². The Labute approximate surface area is 962 Å². The normalized spacial score (nSPS) is 10.5. The predicted molar refractivity (Wildman–Crippen MR) is 576 cm³/mol. The van der Waals surface area contributed by atoms with E-state index in [2.05, 4.69) is 303 Å². The van der Waals surface area contributed by atoms with E-state index in [9.17, 15) is 0 Å². The molecule has 0 aliphatic heterocycles. The van der Waals surface area contributed by atoms with Gasteiger partial charge in [0.2, 0.25) is 0 Å². The molecule has 765 valence electrons. The van der Waals surface area contributed by atoms with Crippen molar-refractivity contribution in [1.29, 1.82) is 0 Å². The van der Waals surface area contributed by atoms with Crippen LogP contribution < -0.4 is 0 Å². The van der Waals surface area contributed by atoms with E-state index in [4.69, 9.17) is 0 Å². The molecule has 145 heavy (non-hydrogen) atoms. The van der Waals surface area contributed by atoms with Gasteiger partial charge in [0.25, 0.3) is 0 Å². The zero-order chi connectivity index (χ0) is 98.5. The van der Waals surface area contributed by atoms with Crippen LogP contribution in [-0.4, -0.2) is 44.9 Å². The molecule has 7 radical (unpaired) electrons. The minimum absolute atomic E-state index is 0. The number of hydrogen-bond acceptors (Lipinski definition) is 9. The van der Waals surface area contributed by atoms with Crippen LogP contribution >= 0.6 is 0 Å². The molecule has 0 bridgehead atoms. The molecule has 18 rings (SSSR count). The summed E-state index contributed by atoms with van der Waals surface area (Å²) in [5.41, 5.74) is 28.2. The fourth-order valence-electron chi connectivity index (χ4n) is 14.5. The largest absolute Gasteiger partial charge is 0.305 e. The Balaban J connectivity index is 0.000000418. The van der Waals surface area contributed by atoms with Crippen LogP contribution in [0.4, 0.5) is 0 Å². The second-order valence-corrected chi connectivity index (χ2v) is 40.9. The van der Waals surface area contributed by atoms with Gasteiger partial charge in [-0.1, -0.05) is 239 Å². The van der Waals surface area contributed by atoms with Crippen LogP contribution in [0.5, 0.6) is 0 Å². The van der Waals surface area contributed by atoms with Gasteiger partial charge in [-0.2, -0.15) is 0 Å². The maximum Gasteiger partial charge on any atom is 0.0193 e. The molecule has 0 aliphatic carbocycles. The van der Waals surface area contributed by atoms with E-state index in [0.29, 0.717) is 32.5 Å².